The van der Waals surface area contributed by atoms with Crippen molar-refractivity contribution in [1.82, 2.24) is 4.90 Å². The number of carbonyl (C=O) groups is 1. The Morgan fingerprint density at radius 2 is 1.29 bits per heavy atom. The first-order chi connectivity index (χ1) is 11.8. The molecule has 4 rings (SSSR count). The van der Waals surface area contributed by atoms with Gasteiger partial charge >= 0.3 is 0 Å². The SMILES string of the molecule is CN1C(C(=O)c2ccc(-c3ccccc3)cc2)C1c1ccccc1. The first kappa shape index (κ1) is 14.9. The van der Waals surface area contributed by atoms with Crippen LogP contribution in [0.15, 0.2) is 84.9 Å². The molecule has 0 aliphatic carbocycles. The lowest BCUT2D eigenvalue weighted by Gasteiger charge is -2.04. The third-order valence-electron chi connectivity index (χ3n) is 4.77. The van der Waals surface area contributed by atoms with Gasteiger partial charge in [0.25, 0.3) is 0 Å². The van der Waals surface area contributed by atoms with Crippen LogP contribution in [0.25, 0.3) is 11.1 Å². The Labute approximate surface area is 142 Å². The number of nitrogens with zero attached hydrogens (tertiary/aromatic N) is 1. The van der Waals surface area contributed by atoms with Gasteiger partial charge < -0.3 is 0 Å². The zero-order chi connectivity index (χ0) is 16.5. The molecule has 2 heteroatoms. The summed E-state index contributed by atoms with van der Waals surface area (Å²) < 4.78 is 0. The molecule has 1 saturated heterocycles. The van der Waals surface area contributed by atoms with Crippen molar-refractivity contribution in [3.05, 3.63) is 96.1 Å². The fourth-order valence-electron chi connectivity index (χ4n) is 3.36. The number of hydrogen-bond donors (Lipinski definition) is 0. The van der Waals surface area contributed by atoms with Crippen molar-refractivity contribution in [1.29, 1.82) is 0 Å². The minimum Gasteiger partial charge on any atom is -0.292 e. The standard InChI is InChI=1S/C22H19NO/c1-23-20(18-10-6-3-7-11-18)21(23)22(24)19-14-12-17(13-15-19)16-8-4-2-5-9-16/h2-15,20-21H,1H3. The zero-order valence-electron chi connectivity index (χ0n) is 13.6. The molecule has 0 radical (unpaired) electrons. The molecule has 3 aromatic carbocycles. The molecule has 0 bridgehead atoms. The normalized spacial score (nSPS) is 22.1. The highest BCUT2D eigenvalue weighted by Crippen LogP contribution is 2.42. The Morgan fingerprint density at radius 1 is 0.750 bits per heavy atom. The number of Topliss-reactive ketones (excluding diaryl/α,β-unsaturated/α-hetero) is 1. The summed E-state index contributed by atoms with van der Waals surface area (Å²) >= 11 is 0. The Balaban J connectivity index is 1.53. The highest BCUT2D eigenvalue weighted by atomic mass is 16.1. The van der Waals surface area contributed by atoms with E-state index in [1.807, 2.05) is 67.7 Å². The molecule has 3 atom stereocenters. The topological polar surface area (TPSA) is 20.1 Å². The van der Waals surface area contributed by atoms with Gasteiger partial charge in [-0.25, -0.2) is 0 Å². The quantitative estimate of drug-likeness (QED) is 0.518. The first-order valence-corrected chi connectivity index (χ1v) is 8.22. The Hall–Kier alpha value is -2.71. The van der Waals surface area contributed by atoms with E-state index in [9.17, 15) is 4.79 Å². The largest absolute Gasteiger partial charge is 0.292 e. The number of hydrogen-bond acceptors (Lipinski definition) is 2. The van der Waals surface area contributed by atoms with Crippen LogP contribution in [0, 0.1) is 0 Å². The molecule has 2 nitrogen and oxygen atoms in total. The molecular weight excluding hydrogens is 294 g/mol. The van der Waals surface area contributed by atoms with Crippen LogP contribution in [0.1, 0.15) is 22.0 Å². The average Bonchev–Trinajstić information content (AvgIpc) is 3.33. The molecule has 1 aliphatic heterocycles. The summed E-state index contributed by atoms with van der Waals surface area (Å²) in [6.07, 6.45) is 0. The van der Waals surface area contributed by atoms with E-state index in [0.29, 0.717) is 0 Å². The summed E-state index contributed by atoms with van der Waals surface area (Å²) in [5.74, 6) is 0.200. The van der Waals surface area contributed by atoms with Crippen LogP contribution in [0.3, 0.4) is 0 Å². The molecular formula is C22H19NO. The average molecular weight is 313 g/mol. The predicted octanol–water partition coefficient (Wildman–Crippen LogP) is 4.59. The molecule has 0 spiro atoms. The van der Waals surface area contributed by atoms with Crippen LogP contribution in [-0.2, 0) is 0 Å². The van der Waals surface area contributed by atoms with Crippen LogP contribution >= 0.6 is 0 Å². The van der Waals surface area contributed by atoms with Gasteiger partial charge in [-0.05, 0) is 23.7 Å². The van der Waals surface area contributed by atoms with Gasteiger partial charge in [0.2, 0.25) is 0 Å². The third-order valence-corrected chi connectivity index (χ3v) is 4.77. The third kappa shape index (κ3) is 2.66. The van der Waals surface area contributed by atoms with Gasteiger partial charge in [-0.15, -0.1) is 0 Å². The minimum absolute atomic E-state index is 0.0463. The van der Waals surface area contributed by atoms with Gasteiger partial charge in [-0.1, -0.05) is 84.9 Å². The molecule has 0 aromatic heterocycles. The Kier molecular flexibility index (Phi) is 3.75. The van der Waals surface area contributed by atoms with Crippen molar-refractivity contribution < 1.29 is 4.79 Å². The van der Waals surface area contributed by atoms with Crippen molar-refractivity contribution in [3.63, 3.8) is 0 Å². The highest BCUT2D eigenvalue weighted by Gasteiger charge is 2.50. The van der Waals surface area contributed by atoms with E-state index in [4.69, 9.17) is 0 Å². The molecule has 0 amide bonds. The first-order valence-electron chi connectivity index (χ1n) is 8.22. The van der Waals surface area contributed by atoms with E-state index in [2.05, 4.69) is 29.2 Å². The summed E-state index contributed by atoms with van der Waals surface area (Å²) in [5, 5.41) is 0. The van der Waals surface area contributed by atoms with E-state index in [1.54, 1.807) is 0 Å². The zero-order valence-corrected chi connectivity index (χ0v) is 13.6. The second-order valence-electron chi connectivity index (χ2n) is 6.27. The molecule has 1 heterocycles. The monoisotopic (exact) mass is 313 g/mol. The Bertz CT molecular complexity index is 840. The minimum atomic E-state index is -0.0463. The van der Waals surface area contributed by atoms with Crippen molar-refractivity contribution in [2.45, 2.75) is 12.1 Å². The lowest BCUT2D eigenvalue weighted by Crippen LogP contribution is -2.11. The lowest BCUT2D eigenvalue weighted by molar-refractivity contribution is 0.0977. The van der Waals surface area contributed by atoms with Gasteiger partial charge in [0.15, 0.2) is 5.78 Å². The fourth-order valence-corrected chi connectivity index (χ4v) is 3.36. The van der Waals surface area contributed by atoms with Gasteiger partial charge in [0, 0.05) is 5.56 Å². The number of likely N-dealkylation sites (N-methyl/N-ethyl adjacent to an activating group) is 1. The lowest BCUT2D eigenvalue weighted by atomic mass is 9.99. The molecule has 1 fully saturated rings. The maximum atomic E-state index is 12.8. The summed E-state index contributed by atoms with van der Waals surface area (Å²) in [5.41, 5.74) is 4.29. The second kappa shape index (κ2) is 6.06. The van der Waals surface area contributed by atoms with E-state index in [-0.39, 0.29) is 17.9 Å². The smallest absolute Gasteiger partial charge is 0.181 e. The van der Waals surface area contributed by atoms with Crippen molar-refractivity contribution in [2.75, 3.05) is 7.05 Å². The molecule has 3 unspecified atom stereocenters. The van der Waals surface area contributed by atoms with E-state index in [0.717, 1.165) is 11.1 Å². The summed E-state index contributed by atoms with van der Waals surface area (Å²) in [6.45, 7) is 0. The summed E-state index contributed by atoms with van der Waals surface area (Å²) in [6, 6.07) is 28.6. The second-order valence-corrected chi connectivity index (χ2v) is 6.27. The van der Waals surface area contributed by atoms with Crippen LogP contribution in [-0.4, -0.2) is 23.8 Å². The molecule has 24 heavy (non-hydrogen) atoms. The van der Waals surface area contributed by atoms with Crippen LogP contribution < -0.4 is 0 Å². The molecule has 0 saturated carbocycles. The van der Waals surface area contributed by atoms with Gasteiger partial charge in [-0.3, -0.25) is 9.69 Å². The predicted molar refractivity (Wildman–Crippen MR) is 96.9 cm³/mol. The number of benzene rings is 3. The van der Waals surface area contributed by atoms with Gasteiger partial charge in [0.05, 0.1) is 12.1 Å². The van der Waals surface area contributed by atoms with Crippen molar-refractivity contribution >= 4 is 5.78 Å². The summed E-state index contributed by atoms with van der Waals surface area (Å²) in [4.78, 5) is 14.9. The maximum Gasteiger partial charge on any atom is 0.181 e. The Morgan fingerprint density at radius 3 is 1.92 bits per heavy atom. The van der Waals surface area contributed by atoms with Crippen LogP contribution in [0.2, 0.25) is 0 Å². The van der Waals surface area contributed by atoms with Crippen LogP contribution in [0.4, 0.5) is 0 Å². The number of ketones is 1. The molecule has 3 aromatic rings. The van der Waals surface area contributed by atoms with Crippen LogP contribution in [0.5, 0.6) is 0 Å². The number of carbonyl (C=O) groups excluding carboxylic acids is 1. The molecule has 0 N–H and O–H groups in total. The van der Waals surface area contributed by atoms with Gasteiger partial charge in [0.1, 0.15) is 0 Å². The molecule has 118 valence electrons. The highest BCUT2D eigenvalue weighted by molar-refractivity contribution is 6.03. The molecule has 1 aliphatic rings. The number of rotatable bonds is 4. The van der Waals surface area contributed by atoms with Gasteiger partial charge in [-0.2, -0.15) is 0 Å². The summed E-state index contributed by atoms with van der Waals surface area (Å²) in [7, 11) is 2.01. The fraction of sp³-hybridized carbons (Fsp3) is 0.136. The van der Waals surface area contributed by atoms with Crippen molar-refractivity contribution in [2.24, 2.45) is 0 Å². The van der Waals surface area contributed by atoms with E-state index >= 15 is 0 Å². The van der Waals surface area contributed by atoms with E-state index in [1.165, 1.54) is 11.1 Å². The van der Waals surface area contributed by atoms with Crippen molar-refractivity contribution in [3.8, 4) is 11.1 Å². The van der Waals surface area contributed by atoms with E-state index < -0.39 is 0 Å². The maximum absolute atomic E-state index is 12.8.